The van der Waals surface area contributed by atoms with Gasteiger partial charge in [0.15, 0.2) is 0 Å². The summed E-state index contributed by atoms with van der Waals surface area (Å²) >= 11 is 0. The molecule has 0 N–H and O–H groups in total. The van der Waals surface area contributed by atoms with Gasteiger partial charge >= 0.3 is 6.18 Å². The van der Waals surface area contributed by atoms with Crippen LogP contribution in [0.4, 0.5) is 13.2 Å². The van der Waals surface area contributed by atoms with E-state index in [4.69, 9.17) is 4.74 Å². The maximum Gasteiger partial charge on any atom is 0.417 e. The van der Waals surface area contributed by atoms with E-state index in [1.54, 1.807) is 18.2 Å². The zero-order valence-electron chi connectivity index (χ0n) is 20.7. The standard InChI is InChI=1S/C30H35F3O/c1-5-6-7-9-20-12-14-24(30(31,32)33)23-13-11-21-15-17-29(34-26(21)25(20)23)22-10-8-16-28(29,4)19-27(2,3)18-22/h8,10-15,17,22H,5-7,9,16,18-19H2,1-4H3. The van der Waals surface area contributed by atoms with Crippen LogP contribution in [0, 0.1) is 16.7 Å². The summed E-state index contributed by atoms with van der Waals surface area (Å²) in [6, 6.07) is 6.37. The molecule has 3 unspecified atom stereocenters. The Morgan fingerprint density at radius 1 is 1.06 bits per heavy atom. The van der Waals surface area contributed by atoms with Crippen molar-refractivity contribution in [1.29, 1.82) is 0 Å². The number of alkyl halides is 3. The molecule has 1 spiro atoms. The smallest absolute Gasteiger partial charge is 0.417 e. The average Bonchev–Trinajstić information content (AvgIpc) is 2.74. The minimum Gasteiger partial charge on any atom is -0.481 e. The molecule has 1 fully saturated rings. The van der Waals surface area contributed by atoms with Crippen LogP contribution in [0.15, 0.2) is 42.5 Å². The zero-order chi connectivity index (χ0) is 24.4. The van der Waals surface area contributed by atoms with Crippen molar-refractivity contribution in [3.8, 4) is 5.75 Å². The second-order valence-corrected chi connectivity index (χ2v) is 11.7. The molecule has 2 aliphatic carbocycles. The summed E-state index contributed by atoms with van der Waals surface area (Å²) in [4.78, 5) is 0. The van der Waals surface area contributed by atoms with Crippen LogP contribution in [0.1, 0.15) is 82.9 Å². The first kappa shape index (κ1) is 23.5. The molecule has 2 aromatic rings. The third kappa shape index (κ3) is 3.60. The fraction of sp³-hybridized carbons (Fsp3) is 0.533. The number of benzene rings is 2. The maximum absolute atomic E-state index is 14.0. The lowest BCUT2D eigenvalue weighted by Gasteiger charge is -2.60. The van der Waals surface area contributed by atoms with Crippen molar-refractivity contribution in [1.82, 2.24) is 0 Å². The average molecular weight is 469 g/mol. The van der Waals surface area contributed by atoms with Gasteiger partial charge in [-0.25, -0.2) is 0 Å². The van der Waals surface area contributed by atoms with Crippen LogP contribution < -0.4 is 4.74 Å². The topological polar surface area (TPSA) is 9.23 Å². The molecule has 3 atom stereocenters. The number of hydrogen-bond acceptors (Lipinski definition) is 1. The van der Waals surface area contributed by atoms with E-state index in [1.807, 2.05) is 0 Å². The first-order valence-electron chi connectivity index (χ1n) is 12.7. The molecule has 4 heteroatoms. The third-order valence-electron chi connectivity index (χ3n) is 8.46. The predicted molar refractivity (Wildman–Crippen MR) is 133 cm³/mol. The molecule has 1 heterocycles. The highest BCUT2D eigenvalue weighted by Crippen LogP contribution is 2.62. The monoisotopic (exact) mass is 468 g/mol. The van der Waals surface area contributed by atoms with Crippen LogP contribution in [-0.2, 0) is 12.6 Å². The van der Waals surface area contributed by atoms with E-state index >= 15 is 0 Å². The third-order valence-corrected chi connectivity index (χ3v) is 8.46. The van der Waals surface area contributed by atoms with Crippen LogP contribution in [-0.4, -0.2) is 5.60 Å². The number of fused-ring (bicyclic) bond motifs is 3. The maximum atomic E-state index is 14.0. The summed E-state index contributed by atoms with van der Waals surface area (Å²) in [5, 5.41) is 0.912. The van der Waals surface area contributed by atoms with Gasteiger partial charge in [-0.1, -0.05) is 77.0 Å². The quantitative estimate of drug-likeness (QED) is 0.321. The fourth-order valence-electron chi connectivity index (χ4n) is 7.10. The highest BCUT2D eigenvalue weighted by Gasteiger charge is 2.60. The molecule has 0 amide bonds. The lowest BCUT2D eigenvalue weighted by molar-refractivity contribution is -0.136. The van der Waals surface area contributed by atoms with E-state index < -0.39 is 17.3 Å². The zero-order valence-corrected chi connectivity index (χ0v) is 20.7. The summed E-state index contributed by atoms with van der Waals surface area (Å²) in [6.07, 6.45) is 11.3. The minimum atomic E-state index is -4.41. The Morgan fingerprint density at radius 2 is 1.85 bits per heavy atom. The van der Waals surface area contributed by atoms with E-state index in [0.717, 1.165) is 56.1 Å². The van der Waals surface area contributed by atoms with Crippen LogP contribution in [0.3, 0.4) is 0 Å². The second kappa shape index (κ2) is 7.90. The van der Waals surface area contributed by atoms with Gasteiger partial charge in [-0.2, -0.15) is 13.2 Å². The largest absolute Gasteiger partial charge is 0.481 e. The SMILES string of the molecule is CCCCCc1ccc(C(F)(F)F)c2ccc3c(c12)OC1(C=C3)C2C=CCC1(C)CC(C)(C)C2. The van der Waals surface area contributed by atoms with E-state index in [2.05, 4.69) is 52.0 Å². The van der Waals surface area contributed by atoms with E-state index in [1.165, 1.54) is 6.07 Å². The highest BCUT2D eigenvalue weighted by atomic mass is 19.4. The Kier molecular flexibility index (Phi) is 5.46. The highest BCUT2D eigenvalue weighted by molar-refractivity contribution is 5.97. The Hall–Kier alpha value is -2.23. The molecular weight excluding hydrogens is 433 g/mol. The molecule has 1 saturated carbocycles. The number of hydrogen-bond donors (Lipinski definition) is 0. The normalized spacial score (nSPS) is 29.3. The number of unbranched alkanes of at least 4 members (excludes halogenated alkanes) is 2. The fourth-order valence-corrected chi connectivity index (χ4v) is 7.10. The van der Waals surface area contributed by atoms with Gasteiger partial charge in [0.25, 0.3) is 0 Å². The first-order chi connectivity index (χ1) is 16.0. The van der Waals surface area contributed by atoms with Gasteiger partial charge in [-0.05, 0) is 60.6 Å². The predicted octanol–water partition coefficient (Wildman–Crippen LogP) is 9.14. The Morgan fingerprint density at radius 3 is 2.56 bits per heavy atom. The van der Waals surface area contributed by atoms with Gasteiger partial charge in [0.05, 0.1) is 5.56 Å². The number of ether oxygens (including phenoxy) is 1. The summed E-state index contributed by atoms with van der Waals surface area (Å²) in [6.45, 7) is 9.08. The lowest BCUT2D eigenvalue weighted by Crippen LogP contribution is -2.61. The molecule has 1 aliphatic heterocycles. The molecule has 182 valence electrons. The Labute approximate surface area is 201 Å². The van der Waals surface area contributed by atoms with Crippen LogP contribution in [0.5, 0.6) is 5.75 Å². The first-order valence-corrected chi connectivity index (χ1v) is 12.7. The van der Waals surface area contributed by atoms with Gasteiger partial charge < -0.3 is 4.74 Å². The van der Waals surface area contributed by atoms with Crippen LogP contribution in [0.25, 0.3) is 16.8 Å². The molecule has 0 saturated heterocycles. The van der Waals surface area contributed by atoms with Gasteiger partial charge in [-0.15, -0.1) is 0 Å². The molecule has 1 nitrogen and oxygen atoms in total. The van der Waals surface area contributed by atoms with Crippen LogP contribution in [0.2, 0.25) is 0 Å². The summed E-state index contributed by atoms with van der Waals surface area (Å²) in [7, 11) is 0. The van der Waals surface area contributed by atoms with E-state index in [9.17, 15) is 13.2 Å². The van der Waals surface area contributed by atoms with Crippen molar-refractivity contribution in [3.63, 3.8) is 0 Å². The minimum absolute atomic E-state index is 0.117. The number of aryl methyl sites for hydroxylation is 1. The van der Waals surface area contributed by atoms with Crippen molar-refractivity contribution < 1.29 is 17.9 Å². The van der Waals surface area contributed by atoms with Crippen molar-refractivity contribution in [2.24, 2.45) is 16.7 Å². The summed E-state index contributed by atoms with van der Waals surface area (Å²) in [5.74, 6) is 0.841. The van der Waals surface area contributed by atoms with Gasteiger partial charge in [0.1, 0.15) is 11.4 Å². The molecule has 2 bridgehead atoms. The molecule has 5 rings (SSSR count). The second-order valence-electron chi connectivity index (χ2n) is 11.7. The molecule has 2 aromatic carbocycles. The summed E-state index contributed by atoms with van der Waals surface area (Å²) < 4.78 is 49.1. The summed E-state index contributed by atoms with van der Waals surface area (Å²) in [5.41, 5.74) is 0.806. The van der Waals surface area contributed by atoms with Crippen molar-refractivity contribution in [2.75, 3.05) is 0 Å². The molecule has 34 heavy (non-hydrogen) atoms. The number of halogens is 3. The van der Waals surface area contributed by atoms with Crippen molar-refractivity contribution in [2.45, 2.75) is 84.4 Å². The Bertz CT molecular complexity index is 1170. The Balaban J connectivity index is 1.71. The molecule has 0 aromatic heterocycles. The van der Waals surface area contributed by atoms with Crippen molar-refractivity contribution >= 4 is 16.8 Å². The van der Waals surface area contributed by atoms with E-state index in [0.29, 0.717) is 11.1 Å². The number of allylic oxidation sites excluding steroid dienone is 1. The van der Waals surface area contributed by atoms with Gasteiger partial charge in [-0.3, -0.25) is 0 Å². The van der Waals surface area contributed by atoms with Gasteiger partial charge in [0.2, 0.25) is 0 Å². The van der Waals surface area contributed by atoms with Crippen molar-refractivity contribution in [3.05, 3.63) is 59.2 Å². The molecule has 3 aliphatic rings. The molecular formula is C30H35F3O. The van der Waals surface area contributed by atoms with Gasteiger partial charge in [0, 0.05) is 22.3 Å². The molecule has 0 radical (unpaired) electrons. The van der Waals surface area contributed by atoms with Crippen LogP contribution >= 0.6 is 0 Å². The number of rotatable bonds is 4. The lowest BCUT2D eigenvalue weighted by atomic mass is 9.49. The van der Waals surface area contributed by atoms with E-state index in [-0.39, 0.29) is 22.1 Å².